The molecule has 0 spiro atoms. The lowest BCUT2D eigenvalue weighted by Gasteiger charge is -2.37. The summed E-state index contributed by atoms with van der Waals surface area (Å²) < 4.78 is 5.14. The van der Waals surface area contributed by atoms with Crippen LogP contribution in [0.2, 0.25) is 0 Å². The van der Waals surface area contributed by atoms with E-state index in [-0.39, 0.29) is 0 Å². The molecule has 0 aromatic carbocycles. The molecule has 13 heavy (non-hydrogen) atoms. The van der Waals surface area contributed by atoms with Gasteiger partial charge in [0.05, 0.1) is 6.61 Å². The van der Waals surface area contributed by atoms with E-state index in [1.807, 2.05) is 0 Å². The molecule has 1 aliphatic heterocycles. The molecule has 3 unspecified atom stereocenters. The van der Waals surface area contributed by atoms with Gasteiger partial charge in [-0.15, -0.1) is 11.6 Å². The van der Waals surface area contributed by atoms with Crippen molar-refractivity contribution in [2.24, 2.45) is 5.92 Å². The Morgan fingerprint density at radius 2 is 2.31 bits per heavy atom. The van der Waals surface area contributed by atoms with E-state index in [0.29, 0.717) is 17.3 Å². The zero-order valence-electron chi connectivity index (χ0n) is 8.79. The molecule has 3 heteroatoms. The summed E-state index contributed by atoms with van der Waals surface area (Å²) in [5.74, 6) is 0.606. The molecule has 3 atom stereocenters. The standard InChI is InChI=1S/C10H20ClNO/c1-8-6-12(5-4-10(8)11)9(2)7-13-3/h8-10H,4-7H2,1-3H3. The van der Waals surface area contributed by atoms with E-state index in [0.717, 1.165) is 26.1 Å². The van der Waals surface area contributed by atoms with Crippen LogP contribution in [-0.4, -0.2) is 43.1 Å². The van der Waals surface area contributed by atoms with Gasteiger partial charge in [-0.05, 0) is 25.8 Å². The SMILES string of the molecule is COCC(C)N1CCC(Cl)C(C)C1. The number of hydrogen-bond acceptors (Lipinski definition) is 2. The molecule has 0 aromatic heterocycles. The zero-order valence-corrected chi connectivity index (χ0v) is 9.55. The highest BCUT2D eigenvalue weighted by molar-refractivity contribution is 6.20. The highest BCUT2D eigenvalue weighted by Crippen LogP contribution is 2.22. The first-order valence-electron chi connectivity index (χ1n) is 5.02. The fourth-order valence-corrected chi connectivity index (χ4v) is 2.07. The minimum Gasteiger partial charge on any atom is -0.383 e. The van der Waals surface area contributed by atoms with Crippen molar-refractivity contribution >= 4 is 11.6 Å². The third-order valence-electron chi connectivity index (χ3n) is 2.86. The van der Waals surface area contributed by atoms with Crippen molar-refractivity contribution in [3.63, 3.8) is 0 Å². The van der Waals surface area contributed by atoms with Crippen molar-refractivity contribution in [3.8, 4) is 0 Å². The Labute approximate surface area is 86.2 Å². The van der Waals surface area contributed by atoms with Crippen LogP contribution in [0.3, 0.4) is 0 Å². The Morgan fingerprint density at radius 3 is 2.85 bits per heavy atom. The third-order valence-corrected chi connectivity index (χ3v) is 3.51. The molecule has 0 saturated carbocycles. The predicted octanol–water partition coefficient (Wildman–Crippen LogP) is 1.97. The number of nitrogens with zero attached hydrogens (tertiary/aromatic N) is 1. The van der Waals surface area contributed by atoms with Crippen LogP contribution in [0, 0.1) is 5.92 Å². The Bertz CT molecular complexity index is 154. The maximum Gasteiger partial charge on any atom is 0.0615 e. The molecular formula is C10H20ClNO. The number of ether oxygens (including phenoxy) is 1. The maximum atomic E-state index is 6.16. The number of alkyl halides is 1. The third kappa shape index (κ3) is 3.12. The van der Waals surface area contributed by atoms with Crippen molar-refractivity contribution in [2.45, 2.75) is 31.7 Å². The second-order valence-corrected chi connectivity index (χ2v) is 4.64. The molecule has 1 fully saturated rings. The summed E-state index contributed by atoms with van der Waals surface area (Å²) in [5.41, 5.74) is 0. The number of piperidine rings is 1. The molecule has 0 aliphatic carbocycles. The second kappa shape index (κ2) is 5.18. The molecule has 78 valence electrons. The van der Waals surface area contributed by atoms with Crippen molar-refractivity contribution < 1.29 is 4.74 Å². The Morgan fingerprint density at radius 1 is 1.62 bits per heavy atom. The fourth-order valence-electron chi connectivity index (χ4n) is 1.90. The zero-order chi connectivity index (χ0) is 9.84. The van der Waals surface area contributed by atoms with Gasteiger partial charge < -0.3 is 4.74 Å². The van der Waals surface area contributed by atoms with Gasteiger partial charge in [0.1, 0.15) is 0 Å². The quantitative estimate of drug-likeness (QED) is 0.654. The van der Waals surface area contributed by atoms with Gasteiger partial charge in [0, 0.05) is 25.1 Å². The summed E-state index contributed by atoms with van der Waals surface area (Å²) in [4.78, 5) is 2.47. The summed E-state index contributed by atoms with van der Waals surface area (Å²) in [6.45, 7) is 7.48. The lowest BCUT2D eigenvalue weighted by Crippen LogP contribution is -2.46. The molecule has 2 nitrogen and oxygen atoms in total. The fraction of sp³-hybridized carbons (Fsp3) is 1.00. The summed E-state index contributed by atoms with van der Waals surface area (Å²) in [5, 5.41) is 0.367. The lowest BCUT2D eigenvalue weighted by atomic mass is 9.98. The summed E-state index contributed by atoms with van der Waals surface area (Å²) >= 11 is 6.16. The van der Waals surface area contributed by atoms with E-state index in [9.17, 15) is 0 Å². The summed E-state index contributed by atoms with van der Waals surface area (Å²) in [7, 11) is 1.76. The van der Waals surface area contributed by atoms with Crippen LogP contribution >= 0.6 is 11.6 Å². The Balaban J connectivity index is 2.36. The molecule has 1 aliphatic rings. The van der Waals surface area contributed by atoms with Gasteiger partial charge in [0.2, 0.25) is 0 Å². The maximum absolute atomic E-state index is 6.16. The van der Waals surface area contributed by atoms with Gasteiger partial charge in [0.15, 0.2) is 0 Å². The number of likely N-dealkylation sites (tertiary alicyclic amines) is 1. The Hall–Kier alpha value is 0.210. The van der Waals surface area contributed by atoms with Gasteiger partial charge in [0.25, 0.3) is 0 Å². The molecule has 1 rings (SSSR count). The summed E-state index contributed by atoms with van der Waals surface area (Å²) in [6, 6.07) is 0.525. The highest BCUT2D eigenvalue weighted by atomic mass is 35.5. The average molecular weight is 206 g/mol. The largest absolute Gasteiger partial charge is 0.383 e. The van der Waals surface area contributed by atoms with E-state index < -0.39 is 0 Å². The van der Waals surface area contributed by atoms with Crippen LogP contribution in [0.1, 0.15) is 20.3 Å². The van der Waals surface area contributed by atoms with E-state index in [1.54, 1.807) is 7.11 Å². The highest BCUT2D eigenvalue weighted by Gasteiger charge is 2.26. The van der Waals surface area contributed by atoms with Gasteiger partial charge in [-0.2, -0.15) is 0 Å². The molecule has 1 heterocycles. The molecule has 0 bridgehead atoms. The van der Waals surface area contributed by atoms with Crippen molar-refractivity contribution in [1.82, 2.24) is 4.90 Å². The van der Waals surface area contributed by atoms with Crippen LogP contribution in [0.25, 0.3) is 0 Å². The number of methoxy groups -OCH3 is 1. The molecule has 0 radical (unpaired) electrons. The Kier molecular flexibility index (Phi) is 4.50. The van der Waals surface area contributed by atoms with E-state index in [1.165, 1.54) is 0 Å². The van der Waals surface area contributed by atoms with Gasteiger partial charge >= 0.3 is 0 Å². The van der Waals surface area contributed by atoms with E-state index in [4.69, 9.17) is 16.3 Å². The van der Waals surface area contributed by atoms with Gasteiger partial charge in [-0.1, -0.05) is 6.92 Å². The predicted molar refractivity (Wildman–Crippen MR) is 56.3 cm³/mol. The first kappa shape index (κ1) is 11.3. The van der Waals surface area contributed by atoms with Crippen LogP contribution in [0.4, 0.5) is 0 Å². The topological polar surface area (TPSA) is 12.5 Å². The van der Waals surface area contributed by atoms with Crippen molar-refractivity contribution in [1.29, 1.82) is 0 Å². The van der Waals surface area contributed by atoms with Crippen LogP contribution < -0.4 is 0 Å². The normalized spacial score (nSPS) is 33.2. The second-order valence-electron chi connectivity index (χ2n) is 4.08. The summed E-state index contributed by atoms with van der Waals surface area (Å²) in [6.07, 6.45) is 1.11. The monoisotopic (exact) mass is 205 g/mol. The molecular weight excluding hydrogens is 186 g/mol. The molecule has 1 saturated heterocycles. The van der Waals surface area contributed by atoms with Crippen LogP contribution in [-0.2, 0) is 4.74 Å². The first-order valence-corrected chi connectivity index (χ1v) is 5.46. The lowest BCUT2D eigenvalue weighted by molar-refractivity contribution is 0.0727. The molecule has 0 aromatic rings. The van der Waals surface area contributed by atoms with Crippen LogP contribution in [0.15, 0.2) is 0 Å². The van der Waals surface area contributed by atoms with Gasteiger partial charge in [-0.25, -0.2) is 0 Å². The number of halogens is 1. The first-order chi connectivity index (χ1) is 6.15. The van der Waals surface area contributed by atoms with E-state index >= 15 is 0 Å². The van der Waals surface area contributed by atoms with Crippen molar-refractivity contribution in [3.05, 3.63) is 0 Å². The van der Waals surface area contributed by atoms with E-state index in [2.05, 4.69) is 18.7 Å². The van der Waals surface area contributed by atoms with Gasteiger partial charge in [-0.3, -0.25) is 4.90 Å². The van der Waals surface area contributed by atoms with Crippen LogP contribution in [0.5, 0.6) is 0 Å². The molecule has 0 N–H and O–H groups in total. The minimum atomic E-state index is 0.367. The number of rotatable bonds is 3. The minimum absolute atomic E-state index is 0.367. The van der Waals surface area contributed by atoms with Crippen molar-refractivity contribution in [2.75, 3.05) is 26.8 Å². The number of hydrogen-bond donors (Lipinski definition) is 0. The average Bonchev–Trinajstić information content (AvgIpc) is 2.10. The molecule has 0 amide bonds. The smallest absolute Gasteiger partial charge is 0.0615 e.